The van der Waals surface area contributed by atoms with Crippen LogP contribution in [0.4, 0.5) is 0 Å². The number of aromatic nitrogens is 2. The highest BCUT2D eigenvalue weighted by molar-refractivity contribution is 5.09. The first-order chi connectivity index (χ1) is 6.79. The monoisotopic (exact) mass is 208 g/mol. The second kappa shape index (κ2) is 4.27. The zero-order valence-corrected chi connectivity index (χ0v) is 10.2. The van der Waals surface area contributed by atoms with E-state index in [4.69, 9.17) is 0 Å². The van der Waals surface area contributed by atoms with Crippen LogP contribution >= 0.6 is 0 Å². The van der Waals surface area contributed by atoms with Crippen molar-refractivity contribution in [3.8, 4) is 0 Å². The molecule has 0 aromatic carbocycles. The normalized spacial score (nSPS) is 14.0. The van der Waals surface area contributed by atoms with E-state index in [2.05, 4.69) is 9.97 Å². The average molecular weight is 208 g/mol. The van der Waals surface area contributed by atoms with Crippen molar-refractivity contribution in [2.45, 2.75) is 47.1 Å². The summed E-state index contributed by atoms with van der Waals surface area (Å²) in [5, 5.41) is 9.94. The van der Waals surface area contributed by atoms with Gasteiger partial charge in [0, 0.05) is 17.8 Å². The van der Waals surface area contributed by atoms with Gasteiger partial charge in [0.25, 0.3) is 0 Å². The average Bonchev–Trinajstić information content (AvgIpc) is 1.99. The summed E-state index contributed by atoms with van der Waals surface area (Å²) in [7, 11) is 0. The van der Waals surface area contributed by atoms with Crippen LogP contribution < -0.4 is 0 Å². The third-order valence-corrected chi connectivity index (χ3v) is 2.40. The highest BCUT2D eigenvalue weighted by Gasteiger charge is 2.23. The topological polar surface area (TPSA) is 46.0 Å². The van der Waals surface area contributed by atoms with Gasteiger partial charge in [0.05, 0.1) is 6.10 Å². The molecule has 1 heterocycles. The Balaban J connectivity index is 2.81. The largest absolute Gasteiger partial charge is 0.392 e. The van der Waals surface area contributed by atoms with Crippen LogP contribution in [0.2, 0.25) is 0 Å². The summed E-state index contributed by atoms with van der Waals surface area (Å²) in [5.41, 5.74) is 1.79. The maximum absolute atomic E-state index is 9.94. The molecule has 1 unspecified atom stereocenters. The molecule has 84 valence electrons. The molecule has 0 aliphatic rings. The lowest BCUT2D eigenvalue weighted by atomic mass is 9.87. The van der Waals surface area contributed by atoms with Crippen molar-refractivity contribution in [2.75, 3.05) is 0 Å². The molecule has 0 amide bonds. The molecule has 1 atom stereocenters. The van der Waals surface area contributed by atoms with Gasteiger partial charge in [-0.2, -0.15) is 0 Å². The van der Waals surface area contributed by atoms with Crippen LogP contribution in [-0.4, -0.2) is 21.2 Å². The summed E-state index contributed by atoms with van der Waals surface area (Å²) in [5.74, 6) is 0.731. The predicted molar refractivity (Wildman–Crippen MR) is 60.7 cm³/mol. The number of hydrogen-bond donors (Lipinski definition) is 1. The number of hydrogen-bond acceptors (Lipinski definition) is 3. The molecule has 0 bridgehead atoms. The molecule has 0 spiro atoms. The van der Waals surface area contributed by atoms with Gasteiger partial charge in [0.2, 0.25) is 0 Å². The molecular formula is C12H20N2O. The molecule has 1 aromatic heterocycles. The first kappa shape index (κ1) is 12.1. The molecule has 3 heteroatoms. The van der Waals surface area contributed by atoms with Crippen molar-refractivity contribution in [1.29, 1.82) is 0 Å². The minimum Gasteiger partial charge on any atom is -0.392 e. The summed E-state index contributed by atoms with van der Waals surface area (Å²) in [6.07, 6.45) is 0.116. The first-order valence-electron chi connectivity index (χ1n) is 5.28. The fourth-order valence-corrected chi connectivity index (χ4v) is 1.37. The quantitative estimate of drug-likeness (QED) is 0.809. The Morgan fingerprint density at radius 3 is 2.07 bits per heavy atom. The minimum absolute atomic E-state index is 0.124. The van der Waals surface area contributed by atoms with Crippen LogP contribution in [0.3, 0.4) is 0 Å². The molecule has 0 saturated carbocycles. The molecule has 15 heavy (non-hydrogen) atoms. The highest BCUT2D eigenvalue weighted by atomic mass is 16.3. The Morgan fingerprint density at radius 2 is 1.67 bits per heavy atom. The van der Waals surface area contributed by atoms with Crippen LogP contribution in [0.1, 0.15) is 38.0 Å². The maximum Gasteiger partial charge on any atom is 0.131 e. The van der Waals surface area contributed by atoms with Gasteiger partial charge >= 0.3 is 0 Å². The fraction of sp³-hybridized carbons (Fsp3) is 0.667. The minimum atomic E-state index is -0.404. The Labute approximate surface area is 91.6 Å². The first-order valence-corrected chi connectivity index (χ1v) is 5.28. The summed E-state index contributed by atoms with van der Waals surface area (Å²) < 4.78 is 0. The van der Waals surface area contributed by atoms with Gasteiger partial charge in [0.15, 0.2) is 0 Å². The number of rotatable bonds is 2. The van der Waals surface area contributed by atoms with Gasteiger partial charge in [0.1, 0.15) is 5.82 Å². The number of aryl methyl sites for hydroxylation is 2. The van der Waals surface area contributed by atoms with Crippen LogP contribution in [0, 0.1) is 19.3 Å². The summed E-state index contributed by atoms with van der Waals surface area (Å²) in [4.78, 5) is 8.63. The van der Waals surface area contributed by atoms with Crippen molar-refractivity contribution in [3.63, 3.8) is 0 Å². The number of aliphatic hydroxyl groups is 1. The molecule has 1 aromatic rings. The molecule has 0 aliphatic carbocycles. The SMILES string of the molecule is Cc1cc(C)nc(CC(O)C(C)(C)C)n1. The Kier molecular flexibility index (Phi) is 3.45. The lowest BCUT2D eigenvalue weighted by molar-refractivity contribution is 0.0618. The molecule has 0 aliphatic heterocycles. The van der Waals surface area contributed by atoms with Crippen molar-refractivity contribution >= 4 is 0 Å². The van der Waals surface area contributed by atoms with Gasteiger partial charge < -0.3 is 5.11 Å². The van der Waals surface area contributed by atoms with E-state index in [1.807, 2.05) is 40.7 Å². The van der Waals surface area contributed by atoms with Crippen molar-refractivity contribution in [2.24, 2.45) is 5.41 Å². The molecule has 3 nitrogen and oxygen atoms in total. The van der Waals surface area contributed by atoms with Gasteiger partial charge in [-0.15, -0.1) is 0 Å². The lowest BCUT2D eigenvalue weighted by Gasteiger charge is -2.25. The van der Waals surface area contributed by atoms with Gasteiger partial charge in [-0.25, -0.2) is 9.97 Å². The standard InChI is InChI=1S/C12H20N2O/c1-8-6-9(2)14-11(13-8)7-10(15)12(3,4)5/h6,10,15H,7H2,1-5H3. The third-order valence-electron chi connectivity index (χ3n) is 2.40. The maximum atomic E-state index is 9.94. The second-order valence-electron chi connectivity index (χ2n) is 5.15. The van der Waals surface area contributed by atoms with E-state index >= 15 is 0 Å². The van der Waals surface area contributed by atoms with E-state index in [1.165, 1.54) is 0 Å². The molecular weight excluding hydrogens is 188 g/mol. The Bertz CT molecular complexity index is 322. The van der Waals surface area contributed by atoms with Crippen LogP contribution in [0.5, 0.6) is 0 Å². The van der Waals surface area contributed by atoms with Gasteiger partial charge in [-0.3, -0.25) is 0 Å². The van der Waals surface area contributed by atoms with Crippen molar-refractivity contribution in [1.82, 2.24) is 9.97 Å². The zero-order valence-electron chi connectivity index (χ0n) is 10.2. The number of aliphatic hydroxyl groups excluding tert-OH is 1. The zero-order chi connectivity index (χ0) is 11.6. The van der Waals surface area contributed by atoms with E-state index in [0.29, 0.717) is 6.42 Å². The van der Waals surface area contributed by atoms with E-state index < -0.39 is 6.10 Å². The van der Waals surface area contributed by atoms with E-state index in [1.54, 1.807) is 0 Å². The van der Waals surface area contributed by atoms with Crippen LogP contribution in [0.25, 0.3) is 0 Å². The van der Waals surface area contributed by atoms with E-state index in [0.717, 1.165) is 17.2 Å². The van der Waals surface area contributed by atoms with Crippen molar-refractivity contribution < 1.29 is 5.11 Å². The summed E-state index contributed by atoms with van der Waals surface area (Å²) >= 11 is 0. The van der Waals surface area contributed by atoms with E-state index in [-0.39, 0.29) is 5.41 Å². The van der Waals surface area contributed by atoms with Crippen LogP contribution in [-0.2, 0) is 6.42 Å². The Morgan fingerprint density at radius 1 is 1.20 bits per heavy atom. The molecule has 1 N–H and O–H groups in total. The third kappa shape index (κ3) is 3.59. The van der Waals surface area contributed by atoms with Crippen molar-refractivity contribution in [3.05, 3.63) is 23.3 Å². The Hall–Kier alpha value is -0.960. The highest BCUT2D eigenvalue weighted by Crippen LogP contribution is 2.21. The summed E-state index contributed by atoms with van der Waals surface area (Å²) in [6.45, 7) is 9.93. The molecule has 0 saturated heterocycles. The molecule has 1 rings (SSSR count). The summed E-state index contributed by atoms with van der Waals surface area (Å²) in [6, 6.07) is 1.94. The molecule has 0 radical (unpaired) electrons. The van der Waals surface area contributed by atoms with Crippen LogP contribution in [0.15, 0.2) is 6.07 Å². The fourth-order valence-electron chi connectivity index (χ4n) is 1.37. The predicted octanol–water partition coefficient (Wildman–Crippen LogP) is 2.04. The van der Waals surface area contributed by atoms with Gasteiger partial charge in [-0.1, -0.05) is 20.8 Å². The molecule has 0 fully saturated rings. The second-order valence-corrected chi connectivity index (χ2v) is 5.15. The smallest absolute Gasteiger partial charge is 0.131 e. The van der Waals surface area contributed by atoms with Gasteiger partial charge in [-0.05, 0) is 25.3 Å². The number of nitrogens with zero attached hydrogens (tertiary/aromatic N) is 2. The van der Waals surface area contributed by atoms with E-state index in [9.17, 15) is 5.11 Å². The lowest BCUT2D eigenvalue weighted by Crippen LogP contribution is -2.29.